The molecule has 112 valence electrons. The van der Waals surface area contributed by atoms with Gasteiger partial charge in [-0.05, 0) is 32.1 Å². The van der Waals surface area contributed by atoms with E-state index in [1.165, 1.54) is 12.1 Å². The van der Waals surface area contributed by atoms with Gasteiger partial charge in [-0.25, -0.2) is 4.39 Å². The lowest BCUT2D eigenvalue weighted by Crippen LogP contribution is -2.37. The van der Waals surface area contributed by atoms with Crippen LogP contribution in [0.4, 0.5) is 4.39 Å². The van der Waals surface area contributed by atoms with Gasteiger partial charge in [0.15, 0.2) is 5.78 Å². The third kappa shape index (κ3) is 6.26. The number of benzene rings is 1. The van der Waals surface area contributed by atoms with E-state index in [1.54, 1.807) is 12.1 Å². The van der Waals surface area contributed by atoms with Crippen LogP contribution in [0.5, 0.6) is 0 Å². The summed E-state index contributed by atoms with van der Waals surface area (Å²) in [5.74, 6) is 0.112. The van der Waals surface area contributed by atoms with Crippen molar-refractivity contribution in [2.45, 2.75) is 13.8 Å². The fourth-order valence-electron chi connectivity index (χ4n) is 2.05. The van der Waals surface area contributed by atoms with Gasteiger partial charge < -0.3 is 4.90 Å². The molecule has 0 aliphatic rings. The molecule has 0 radical (unpaired) electrons. The van der Waals surface area contributed by atoms with E-state index in [1.807, 2.05) is 14.1 Å². The Bertz CT molecular complexity index is 432. The smallest absolute Gasteiger partial charge is 0.176 e. The number of hydrogen-bond donors (Lipinski definition) is 0. The van der Waals surface area contributed by atoms with Gasteiger partial charge >= 0.3 is 0 Å². The Morgan fingerprint density at radius 3 is 2.50 bits per heavy atom. The molecule has 0 amide bonds. The van der Waals surface area contributed by atoms with Crippen molar-refractivity contribution in [1.29, 1.82) is 0 Å². The van der Waals surface area contributed by atoms with Crippen LogP contribution in [0.25, 0.3) is 0 Å². The molecular formula is C16H25FN2O. The number of ketones is 1. The summed E-state index contributed by atoms with van der Waals surface area (Å²) < 4.78 is 13.2. The summed E-state index contributed by atoms with van der Waals surface area (Å²) in [6.07, 6.45) is 0. The predicted octanol–water partition coefficient (Wildman–Crippen LogP) is 2.53. The highest BCUT2D eigenvalue weighted by Crippen LogP contribution is 2.07. The summed E-state index contributed by atoms with van der Waals surface area (Å²) in [6.45, 7) is 7.23. The number of carbonyl (C=O) groups excluding carboxylic acids is 1. The molecule has 0 fully saturated rings. The molecule has 4 heteroatoms. The first-order valence-electron chi connectivity index (χ1n) is 7.04. The summed E-state index contributed by atoms with van der Waals surface area (Å²) in [6, 6.07) is 5.91. The predicted molar refractivity (Wildman–Crippen MR) is 80.6 cm³/mol. The molecule has 0 atom stereocenters. The molecule has 1 rings (SSSR count). The van der Waals surface area contributed by atoms with E-state index in [2.05, 4.69) is 23.6 Å². The number of Topliss-reactive ketones (excluding diaryl/α,β-unsaturated/α-hetero) is 1. The number of halogens is 1. The molecule has 0 aliphatic heterocycles. The highest BCUT2D eigenvalue weighted by atomic mass is 19.1. The average Bonchev–Trinajstić information content (AvgIpc) is 2.35. The maximum Gasteiger partial charge on any atom is 0.176 e. The Kier molecular flexibility index (Phi) is 6.82. The highest BCUT2D eigenvalue weighted by Gasteiger charge is 2.14. The first-order chi connectivity index (χ1) is 9.38. The van der Waals surface area contributed by atoms with Crippen LogP contribution in [0.15, 0.2) is 24.3 Å². The normalized spacial score (nSPS) is 11.6. The number of likely N-dealkylation sites (N-methyl/N-ethyl adjacent to an activating group) is 1. The Morgan fingerprint density at radius 2 is 1.95 bits per heavy atom. The molecular weight excluding hydrogens is 255 g/mol. The molecule has 3 nitrogen and oxygen atoms in total. The Hall–Kier alpha value is -1.26. The zero-order valence-electron chi connectivity index (χ0n) is 12.9. The van der Waals surface area contributed by atoms with Crippen LogP contribution in [-0.2, 0) is 0 Å². The van der Waals surface area contributed by atoms with Crippen LogP contribution in [0.3, 0.4) is 0 Å². The van der Waals surface area contributed by atoms with Gasteiger partial charge in [-0.15, -0.1) is 0 Å². The molecule has 0 N–H and O–H groups in total. The topological polar surface area (TPSA) is 23.6 Å². The summed E-state index contributed by atoms with van der Waals surface area (Å²) in [5.41, 5.74) is 0.448. The fourth-order valence-corrected chi connectivity index (χ4v) is 2.05. The summed E-state index contributed by atoms with van der Waals surface area (Å²) in [5, 5.41) is 0. The van der Waals surface area contributed by atoms with Crippen LogP contribution >= 0.6 is 0 Å². The largest absolute Gasteiger partial charge is 0.308 e. The molecule has 0 unspecified atom stereocenters. The average molecular weight is 280 g/mol. The second kappa shape index (κ2) is 8.12. The van der Waals surface area contributed by atoms with E-state index in [4.69, 9.17) is 0 Å². The van der Waals surface area contributed by atoms with Gasteiger partial charge in [0.1, 0.15) is 5.82 Å². The second-order valence-electron chi connectivity index (χ2n) is 5.87. The second-order valence-corrected chi connectivity index (χ2v) is 5.87. The molecule has 0 heterocycles. The monoisotopic (exact) mass is 280 g/mol. The van der Waals surface area contributed by atoms with Crippen molar-refractivity contribution in [2.24, 2.45) is 5.92 Å². The van der Waals surface area contributed by atoms with Crippen molar-refractivity contribution >= 4 is 5.78 Å². The summed E-state index contributed by atoms with van der Waals surface area (Å²) in [7, 11) is 4.03. The zero-order chi connectivity index (χ0) is 15.1. The summed E-state index contributed by atoms with van der Waals surface area (Å²) in [4.78, 5) is 16.4. The van der Waals surface area contributed by atoms with Crippen molar-refractivity contribution in [3.8, 4) is 0 Å². The van der Waals surface area contributed by atoms with Crippen molar-refractivity contribution in [2.75, 3.05) is 40.3 Å². The van der Waals surface area contributed by atoms with Gasteiger partial charge in [-0.2, -0.15) is 0 Å². The van der Waals surface area contributed by atoms with E-state index in [0.29, 0.717) is 18.0 Å². The van der Waals surface area contributed by atoms with Gasteiger partial charge in [0.05, 0.1) is 6.54 Å². The van der Waals surface area contributed by atoms with Crippen molar-refractivity contribution in [1.82, 2.24) is 9.80 Å². The van der Waals surface area contributed by atoms with Gasteiger partial charge in [0.2, 0.25) is 0 Å². The molecule has 1 aromatic rings. The van der Waals surface area contributed by atoms with Gasteiger partial charge in [0.25, 0.3) is 0 Å². The lowest BCUT2D eigenvalue weighted by atomic mass is 10.1. The van der Waals surface area contributed by atoms with Crippen molar-refractivity contribution in [3.63, 3.8) is 0 Å². The van der Waals surface area contributed by atoms with Crippen molar-refractivity contribution in [3.05, 3.63) is 35.6 Å². The zero-order valence-corrected chi connectivity index (χ0v) is 12.9. The highest BCUT2D eigenvalue weighted by molar-refractivity contribution is 5.97. The minimum atomic E-state index is -0.362. The number of carbonyl (C=O) groups is 1. The standard InChI is InChI=1S/C16H25FN2O/c1-13(2)11-19(9-8-18(3)4)12-16(20)14-6-5-7-15(17)10-14/h5-7,10,13H,8-9,11-12H2,1-4H3. The lowest BCUT2D eigenvalue weighted by Gasteiger charge is -2.25. The first-order valence-corrected chi connectivity index (χ1v) is 7.04. The molecule has 20 heavy (non-hydrogen) atoms. The van der Waals surface area contributed by atoms with E-state index in [0.717, 1.165) is 19.6 Å². The van der Waals surface area contributed by atoms with Crippen LogP contribution in [0.1, 0.15) is 24.2 Å². The molecule has 0 bridgehead atoms. The quantitative estimate of drug-likeness (QED) is 0.684. The lowest BCUT2D eigenvalue weighted by molar-refractivity contribution is 0.0915. The Balaban J connectivity index is 2.65. The molecule has 0 aliphatic carbocycles. The molecule has 1 aromatic carbocycles. The number of hydrogen-bond acceptors (Lipinski definition) is 3. The van der Waals surface area contributed by atoms with Crippen LogP contribution in [0, 0.1) is 11.7 Å². The van der Waals surface area contributed by atoms with E-state index in [9.17, 15) is 9.18 Å². The van der Waals surface area contributed by atoms with Gasteiger partial charge in [-0.1, -0.05) is 26.0 Å². The SMILES string of the molecule is CC(C)CN(CCN(C)C)CC(=O)c1cccc(F)c1. The molecule has 0 saturated heterocycles. The molecule has 0 saturated carbocycles. The van der Waals surface area contributed by atoms with Crippen LogP contribution < -0.4 is 0 Å². The third-order valence-electron chi connectivity index (χ3n) is 3.00. The molecule has 0 aromatic heterocycles. The number of rotatable bonds is 8. The van der Waals surface area contributed by atoms with E-state index < -0.39 is 0 Å². The maximum atomic E-state index is 13.2. The van der Waals surface area contributed by atoms with Crippen LogP contribution in [0.2, 0.25) is 0 Å². The molecule has 0 spiro atoms. The Morgan fingerprint density at radius 1 is 1.25 bits per heavy atom. The third-order valence-corrected chi connectivity index (χ3v) is 3.00. The van der Waals surface area contributed by atoms with Crippen LogP contribution in [-0.4, -0.2) is 55.9 Å². The Labute approximate surface area is 121 Å². The van der Waals surface area contributed by atoms with Gasteiger partial charge in [0, 0.05) is 25.2 Å². The van der Waals surface area contributed by atoms with Gasteiger partial charge in [-0.3, -0.25) is 9.69 Å². The van der Waals surface area contributed by atoms with E-state index in [-0.39, 0.29) is 11.6 Å². The first kappa shape index (κ1) is 16.8. The van der Waals surface area contributed by atoms with E-state index >= 15 is 0 Å². The number of nitrogens with zero attached hydrogens (tertiary/aromatic N) is 2. The minimum Gasteiger partial charge on any atom is -0.308 e. The minimum absolute atomic E-state index is 0.0242. The maximum absolute atomic E-state index is 13.2. The van der Waals surface area contributed by atoms with Crippen molar-refractivity contribution < 1.29 is 9.18 Å². The summed E-state index contributed by atoms with van der Waals surface area (Å²) >= 11 is 0. The fraction of sp³-hybridized carbons (Fsp3) is 0.562.